The van der Waals surface area contributed by atoms with Crippen molar-refractivity contribution >= 4 is 43.1 Å². The van der Waals surface area contributed by atoms with Gasteiger partial charge in [-0.3, -0.25) is 0 Å². The normalized spacial score (nSPS) is 12.6. The van der Waals surface area contributed by atoms with E-state index in [0.717, 1.165) is 15.3 Å². The number of fused-ring (bicyclic) bond motifs is 1. The van der Waals surface area contributed by atoms with E-state index in [1.807, 2.05) is 0 Å². The Balaban J connectivity index is 1.54. The van der Waals surface area contributed by atoms with E-state index in [9.17, 15) is 15.0 Å². The minimum atomic E-state index is -5.07. The molecule has 0 saturated carbocycles. The maximum Gasteiger partial charge on any atom is 0.407 e. The first kappa shape index (κ1) is 48.8. The molecule has 0 radical (unpaired) electrons. The number of methoxy groups -OCH3 is 3. The standard InChI is InChI=1S/C46H52N10O10S2/c1-46(2,3)55(45(58)59)27-32(28-57)51-67(60,61)39-23-22-36(37-8-7-9-38-41(37)49-44(47)48-38)40(43-50-52-53-56(43)26-31-14-20-35(66-6)21-15-31)42(39)68(62,63)54(24-29-10-16-33(64-4)17-11-29)25-30-12-18-34(65-5)19-13-30/h7-23,32,51,57H,24-28H2,1-6H3,(H,58,59)(H3,47,48,49)/t32-/m0/s1. The third-order valence-corrected chi connectivity index (χ3v) is 14.7. The molecule has 2 heterocycles. The number of nitrogen functional groups attached to an aromatic ring is 1. The number of benzene rings is 5. The zero-order chi connectivity index (χ0) is 49.0. The molecule has 68 heavy (non-hydrogen) atoms. The van der Waals surface area contributed by atoms with Crippen molar-refractivity contribution in [3.63, 3.8) is 0 Å². The first-order valence-corrected chi connectivity index (χ1v) is 24.0. The van der Waals surface area contributed by atoms with E-state index in [0.29, 0.717) is 50.5 Å². The molecule has 0 bridgehead atoms. The molecule has 2 aromatic heterocycles. The van der Waals surface area contributed by atoms with Crippen molar-refractivity contribution in [3.8, 4) is 39.8 Å². The molecular weight excluding hydrogens is 917 g/mol. The summed E-state index contributed by atoms with van der Waals surface area (Å²) in [5.74, 6) is 1.57. The number of nitrogens with two attached hydrogens (primary N) is 1. The van der Waals surface area contributed by atoms with E-state index in [-0.39, 0.29) is 42.5 Å². The van der Waals surface area contributed by atoms with Gasteiger partial charge in [0.05, 0.1) is 57.1 Å². The first-order chi connectivity index (χ1) is 32.4. The Bertz CT molecular complexity index is 3070. The molecule has 358 valence electrons. The lowest BCUT2D eigenvalue weighted by molar-refractivity contribution is 0.0878. The number of sulfonamides is 2. The molecule has 1 atom stereocenters. The third-order valence-electron chi connectivity index (χ3n) is 11.1. The highest BCUT2D eigenvalue weighted by atomic mass is 32.2. The number of ether oxygens (including phenoxy) is 3. The van der Waals surface area contributed by atoms with E-state index in [4.69, 9.17) is 19.9 Å². The summed E-state index contributed by atoms with van der Waals surface area (Å²) in [4.78, 5) is 19.5. The Morgan fingerprint density at radius 1 is 0.809 bits per heavy atom. The van der Waals surface area contributed by atoms with Gasteiger partial charge in [0.15, 0.2) is 11.8 Å². The van der Waals surface area contributed by atoms with E-state index in [1.54, 1.807) is 112 Å². The molecule has 0 spiro atoms. The summed E-state index contributed by atoms with van der Waals surface area (Å²) in [6.45, 7) is 2.95. The van der Waals surface area contributed by atoms with Crippen LogP contribution in [-0.4, -0.2) is 119 Å². The van der Waals surface area contributed by atoms with Crippen molar-refractivity contribution in [2.75, 3.05) is 40.2 Å². The van der Waals surface area contributed by atoms with Gasteiger partial charge in [0.25, 0.3) is 0 Å². The smallest absolute Gasteiger partial charge is 0.407 e. The van der Waals surface area contributed by atoms with Gasteiger partial charge in [0, 0.05) is 30.7 Å². The minimum Gasteiger partial charge on any atom is -0.497 e. The highest BCUT2D eigenvalue weighted by Gasteiger charge is 2.40. The number of H-pyrrole nitrogens is 1. The number of amides is 1. The number of aliphatic hydroxyl groups excluding tert-OH is 1. The van der Waals surface area contributed by atoms with Crippen LogP contribution in [0.1, 0.15) is 37.5 Å². The lowest BCUT2D eigenvalue weighted by Gasteiger charge is -2.35. The van der Waals surface area contributed by atoms with Crippen LogP contribution in [0.2, 0.25) is 0 Å². The summed E-state index contributed by atoms with van der Waals surface area (Å²) in [7, 11) is -5.57. The molecule has 7 aromatic rings. The van der Waals surface area contributed by atoms with Crippen molar-refractivity contribution in [1.29, 1.82) is 0 Å². The number of anilines is 1. The molecule has 7 rings (SSSR count). The second kappa shape index (κ2) is 20.0. The maximum atomic E-state index is 16.2. The maximum absolute atomic E-state index is 16.2. The molecule has 5 aromatic carbocycles. The van der Waals surface area contributed by atoms with Crippen molar-refractivity contribution in [2.45, 2.75) is 61.8 Å². The van der Waals surface area contributed by atoms with Gasteiger partial charge < -0.3 is 40.0 Å². The molecule has 22 heteroatoms. The number of hydrogen-bond donors (Lipinski definition) is 5. The van der Waals surface area contributed by atoms with Crippen molar-refractivity contribution in [1.82, 2.24) is 44.1 Å². The number of aliphatic hydroxyl groups is 1. The van der Waals surface area contributed by atoms with Gasteiger partial charge in [-0.1, -0.05) is 54.6 Å². The Morgan fingerprint density at radius 3 is 1.88 bits per heavy atom. The zero-order valence-corrected chi connectivity index (χ0v) is 39.7. The summed E-state index contributed by atoms with van der Waals surface area (Å²) in [5.41, 5.74) is 8.03. The average molecular weight is 969 g/mol. The lowest BCUT2D eigenvalue weighted by Crippen LogP contribution is -2.53. The van der Waals surface area contributed by atoms with Crippen molar-refractivity contribution in [2.24, 2.45) is 0 Å². The number of para-hydroxylation sites is 1. The number of nitrogens with one attached hydrogen (secondary N) is 2. The number of nitrogens with zero attached hydrogens (tertiary/aromatic N) is 7. The zero-order valence-electron chi connectivity index (χ0n) is 38.1. The second-order valence-corrected chi connectivity index (χ2v) is 20.2. The Labute approximate surface area is 393 Å². The number of imidazole rings is 1. The van der Waals surface area contributed by atoms with Crippen LogP contribution in [0.25, 0.3) is 33.5 Å². The second-order valence-electron chi connectivity index (χ2n) is 16.7. The van der Waals surface area contributed by atoms with Crippen LogP contribution in [0.3, 0.4) is 0 Å². The number of aromatic amines is 1. The Hall–Kier alpha value is -7.11. The van der Waals surface area contributed by atoms with Gasteiger partial charge in [-0.15, -0.1) is 5.10 Å². The number of hydrogen-bond acceptors (Lipinski definition) is 14. The predicted molar refractivity (Wildman–Crippen MR) is 253 cm³/mol. The van der Waals surface area contributed by atoms with E-state index in [2.05, 4.69) is 30.2 Å². The van der Waals surface area contributed by atoms with Crippen LogP contribution < -0.4 is 24.7 Å². The third kappa shape index (κ3) is 10.5. The lowest BCUT2D eigenvalue weighted by atomic mass is 9.97. The summed E-state index contributed by atoms with van der Waals surface area (Å²) < 4.78 is 83.8. The summed E-state index contributed by atoms with van der Waals surface area (Å²) in [6, 6.07) is 26.8. The highest BCUT2D eigenvalue weighted by Crippen LogP contribution is 2.43. The van der Waals surface area contributed by atoms with Crippen LogP contribution in [0.4, 0.5) is 10.7 Å². The van der Waals surface area contributed by atoms with E-state index < -0.39 is 60.7 Å². The van der Waals surface area contributed by atoms with Crippen LogP contribution >= 0.6 is 0 Å². The van der Waals surface area contributed by atoms with E-state index in [1.165, 1.54) is 32.1 Å². The fourth-order valence-corrected chi connectivity index (χ4v) is 11.3. The average Bonchev–Trinajstić information content (AvgIpc) is 3.95. The van der Waals surface area contributed by atoms with Gasteiger partial charge in [0.1, 0.15) is 27.0 Å². The summed E-state index contributed by atoms with van der Waals surface area (Å²) in [6.07, 6.45) is -1.37. The van der Waals surface area contributed by atoms with Crippen molar-refractivity contribution in [3.05, 3.63) is 120 Å². The van der Waals surface area contributed by atoms with Gasteiger partial charge >= 0.3 is 6.09 Å². The molecule has 0 aliphatic rings. The number of carboxylic acid groups (broad SMARTS) is 1. The Kier molecular flexibility index (Phi) is 14.4. The van der Waals surface area contributed by atoms with E-state index >= 15 is 16.8 Å². The van der Waals surface area contributed by atoms with Gasteiger partial charge in [-0.2, -0.15) is 4.31 Å². The van der Waals surface area contributed by atoms with Crippen LogP contribution in [0.5, 0.6) is 17.2 Å². The van der Waals surface area contributed by atoms with Crippen LogP contribution in [0.15, 0.2) is 113 Å². The fourth-order valence-electron chi connectivity index (χ4n) is 7.64. The topological polar surface area (TPSA) is 270 Å². The predicted octanol–water partition coefficient (Wildman–Crippen LogP) is 5.35. The number of aromatic nitrogens is 6. The summed E-state index contributed by atoms with van der Waals surface area (Å²) in [5, 5.41) is 33.4. The Morgan fingerprint density at radius 2 is 1.37 bits per heavy atom. The highest BCUT2D eigenvalue weighted by molar-refractivity contribution is 7.92. The van der Waals surface area contributed by atoms with Crippen molar-refractivity contribution < 1.29 is 46.1 Å². The largest absolute Gasteiger partial charge is 0.497 e. The summed E-state index contributed by atoms with van der Waals surface area (Å²) >= 11 is 0. The SMILES string of the molecule is COc1ccc(CN(Cc2ccc(OC)cc2)S(=O)(=O)c2c(S(=O)(=O)N[C@H](CO)CN(C(=O)O)C(C)(C)C)ccc(-c3cccc4[nH]c(N)nc34)c2-c2nnnn2Cc2ccc(OC)cc2)cc1. The number of carbonyl (C=O) groups is 1. The molecule has 6 N–H and O–H groups in total. The molecule has 20 nitrogen and oxygen atoms in total. The number of rotatable bonds is 19. The first-order valence-electron chi connectivity index (χ1n) is 21.1. The molecule has 0 aliphatic carbocycles. The fraction of sp³-hybridized carbons (Fsp3) is 0.283. The quantitative estimate of drug-likeness (QED) is 0.0684. The van der Waals surface area contributed by atoms with Gasteiger partial charge in [-0.05, 0) is 102 Å². The molecule has 0 fully saturated rings. The number of tetrazole rings is 1. The van der Waals surface area contributed by atoms with Gasteiger partial charge in [0.2, 0.25) is 20.0 Å². The molecular formula is C46H52N10O10S2. The minimum absolute atomic E-state index is 0.00808. The molecule has 0 unspecified atom stereocenters. The van der Waals surface area contributed by atoms with Crippen LogP contribution in [-0.2, 0) is 39.7 Å². The monoisotopic (exact) mass is 968 g/mol. The molecule has 0 saturated heterocycles. The molecule has 1 amide bonds. The van der Waals surface area contributed by atoms with Crippen LogP contribution in [0, 0.1) is 0 Å². The molecule has 0 aliphatic heterocycles. The van der Waals surface area contributed by atoms with Gasteiger partial charge in [-0.25, -0.2) is 36.0 Å².